The number of benzene rings is 1. The second-order valence-electron chi connectivity index (χ2n) is 6.86. The summed E-state index contributed by atoms with van der Waals surface area (Å²) in [4.78, 5) is 19.0. The zero-order valence-electron chi connectivity index (χ0n) is 14.2. The van der Waals surface area contributed by atoms with Gasteiger partial charge in [-0.25, -0.2) is 4.98 Å². The molecule has 0 aliphatic carbocycles. The fourth-order valence-corrected chi connectivity index (χ4v) is 4.04. The third-order valence-corrected chi connectivity index (χ3v) is 5.73. The number of carbonyl (C=O) groups excluding carboxylic acids is 1. The van der Waals surface area contributed by atoms with Gasteiger partial charge in [0.15, 0.2) is 0 Å². The van der Waals surface area contributed by atoms with Gasteiger partial charge in [-0.05, 0) is 43.9 Å². The molecule has 4 nitrogen and oxygen atoms in total. The summed E-state index contributed by atoms with van der Waals surface area (Å²) in [6, 6.07) is 7.58. The summed E-state index contributed by atoms with van der Waals surface area (Å²) in [6.45, 7) is 5.31. The van der Waals surface area contributed by atoms with Crippen LogP contribution in [-0.2, 0) is 4.74 Å². The maximum Gasteiger partial charge on any atom is 0.253 e. The van der Waals surface area contributed by atoms with Crippen molar-refractivity contribution in [3.63, 3.8) is 0 Å². The van der Waals surface area contributed by atoms with Crippen molar-refractivity contribution in [2.24, 2.45) is 5.41 Å². The van der Waals surface area contributed by atoms with E-state index in [0.29, 0.717) is 11.0 Å². The number of thiazole rings is 1. The Hall–Kier alpha value is -2.16. The molecule has 0 radical (unpaired) electrons. The van der Waals surface area contributed by atoms with Crippen LogP contribution in [0.15, 0.2) is 29.6 Å². The normalized spacial score (nSPS) is 18.4. The van der Waals surface area contributed by atoms with Crippen LogP contribution in [0.2, 0.25) is 0 Å². The van der Waals surface area contributed by atoms with E-state index in [-0.39, 0.29) is 5.91 Å². The number of hydrogen-bond acceptors (Lipinski definition) is 4. The lowest BCUT2D eigenvalue weighted by Crippen LogP contribution is -2.60. The van der Waals surface area contributed by atoms with Gasteiger partial charge in [0.1, 0.15) is 5.69 Å². The zero-order chi connectivity index (χ0) is 17.3. The summed E-state index contributed by atoms with van der Waals surface area (Å²) >= 11 is 1.59. The molecule has 1 amide bonds. The highest BCUT2D eigenvalue weighted by Gasteiger charge is 2.45. The minimum absolute atomic E-state index is 0.102. The van der Waals surface area contributed by atoms with E-state index in [0.717, 1.165) is 55.4 Å². The maximum absolute atomic E-state index is 12.7. The predicted octanol–water partition coefficient (Wildman–Crippen LogP) is 3.10. The van der Waals surface area contributed by atoms with Crippen molar-refractivity contribution in [2.45, 2.75) is 19.8 Å². The van der Waals surface area contributed by atoms with Crippen molar-refractivity contribution in [1.29, 1.82) is 0 Å². The second kappa shape index (κ2) is 6.62. The van der Waals surface area contributed by atoms with Gasteiger partial charge < -0.3 is 9.64 Å². The second-order valence-corrected chi connectivity index (χ2v) is 7.92. The first-order valence-electron chi connectivity index (χ1n) is 8.55. The molecule has 1 aromatic carbocycles. The van der Waals surface area contributed by atoms with Gasteiger partial charge in [0.2, 0.25) is 0 Å². The number of hydrogen-bond donors (Lipinski definition) is 0. The van der Waals surface area contributed by atoms with E-state index < -0.39 is 0 Å². The number of amides is 1. The van der Waals surface area contributed by atoms with Crippen molar-refractivity contribution >= 4 is 17.2 Å². The zero-order valence-corrected chi connectivity index (χ0v) is 15.1. The van der Waals surface area contributed by atoms with E-state index in [4.69, 9.17) is 4.74 Å². The number of aryl methyl sites for hydroxylation is 1. The molecule has 5 heteroatoms. The van der Waals surface area contributed by atoms with E-state index in [1.807, 2.05) is 41.5 Å². The SMILES string of the molecule is Cc1nc(C#Cc2cccc(C(=O)N3CC4(CCOCC4)C3)c2)cs1. The molecule has 1 spiro atoms. The number of nitrogens with zero attached hydrogens (tertiary/aromatic N) is 2. The van der Waals surface area contributed by atoms with Crippen molar-refractivity contribution in [2.75, 3.05) is 26.3 Å². The Labute approximate surface area is 151 Å². The average Bonchev–Trinajstić information content (AvgIpc) is 3.03. The first-order valence-corrected chi connectivity index (χ1v) is 9.43. The summed E-state index contributed by atoms with van der Waals surface area (Å²) in [5.41, 5.74) is 2.64. The molecule has 2 aliphatic rings. The number of ether oxygens (including phenoxy) is 1. The van der Waals surface area contributed by atoms with Crippen molar-refractivity contribution in [3.05, 3.63) is 51.5 Å². The third-order valence-electron chi connectivity index (χ3n) is 4.96. The van der Waals surface area contributed by atoms with Crippen molar-refractivity contribution < 1.29 is 9.53 Å². The number of rotatable bonds is 1. The molecule has 0 atom stereocenters. The Morgan fingerprint density at radius 3 is 2.80 bits per heavy atom. The molecule has 2 fully saturated rings. The highest BCUT2D eigenvalue weighted by Crippen LogP contribution is 2.40. The van der Waals surface area contributed by atoms with Gasteiger partial charge in [-0.15, -0.1) is 11.3 Å². The fraction of sp³-hybridized carbons (Fsp3) is 0.400. The summed E-state index contributed by atoms with van der Waals surface area (Å²) in [5, 5.41) is 2.96. The maximum atomic E-state index is 12.7. The molecule has 128 valence electrons. The van der Waals surface area contributed by atoms with E-state index in [1.54, 1.807) is 11.3 Å². The summed E-state index contributed by atoms with van der Waals surface area (Å²) in [6.07, 6.45) is 2.13. The Morgan fingerprint density at radius 2 is 2.08 bits per heavy atom. The molecule has 2 aliphatic heterocycles. The van der Waals surface area contributed by atoms with E-state index in [9.17, 15) is 4.79 Å². The summed E-state index contributed by atoms with van der Waals surface area (Å²) in [5.74, 6) is 6.27. The highest BCUT2D eigenvalue weighted by molar-refractivity contribution is 7.09. The van der Waals surface area contributed by atoms with Crippen LogP contribution < -0.4 is 0 Å². The van der Waals surface area contributed by atoms with E-state index in [1.165, 1.54) is 0 Å². The number of likely N-dealkylation sites (tertiary alicyclic amines) is 1. The number of aromatic nitrogens is 1. The fourth-order valence-electron chi connectivity index (χ4n) is 3.50. The van der Waals surface area contributed by atoms with Crippen LogP contribution in [0.25, 0.3) is 0 Å². The standard InChI is InChI=1S/C20H20N2O2S/c1-15-21-18(12-25-15)6-5-16-3-2-4-17(11-16)19(23)22-13-20(14-22)7-9-24-10-8-20/h2-4,11-12H,7-10,13-14H2,1H3. The Balaban J connectivity index is 1.45. The summed E-state index contributed by atoms with van der Waals surface area (Å²) < 4.78 is 5.44. The lowest BCUT2D eigenvalue weighted by Gasteiger charge is -2.52. The Morgan fingerprint density at radius 1 is 1.28 bits per heavy atom. The first kappa shape index (κ1) is 16.3. The minimum Gasteiger partial charge on any atom is -0.381 e. The lowest BCUT2D eigenvalue weighted by molar-refractivity contribution is -0.0666. The van der Waals surface area contributed by atoms with Crippen LogP contribution in [0.4, 0.5) is 0 Å². The quantitative estimate of drug-likeness (QED) is 0.741. The molecule has 0 saturated carbocycles. The van der Waals surface area contributed by atoms with Gasteiger partial charge >= 0.3 is 0 Å². The number of carbonyl (C=O) groups is 1. The van der Waals surface area contributed by atoms with Crippen LogP contribution in [0.5, 0.6) is 0 Å². The Kier molecular flexibility index (Phi) is 4.32. The van der Waals surface area contributed by atoms with Crippen LogP contribution >= 0.6 is 11.3 Å². The molecule has 0 unspecified atom stereocenters. The van der Waals surface area contributed by atoms with Gasteiger partial charge in [-0.3, -0.25) is 4.79 Å². The van der Waals surface area contributed by atoms with Crippen LogP contribution in [-0.4, -0.2) is 42.1 Å². The molecule has 3 heterocycles. The van der Waals surface area contributed by atoms with Gasteiger partial charge in [0.25, 0.3) is 5.91 Å². The first-order chi connectivity index (χ1) is 12.1. The van der Waals surface area contributed by atoms with E-state index in [2.05, 4.69) is 16.8 Å². The topological polar surface area (TPSA) is 42.4 Å². The Bertz CT molecular complexity index is 848. The van der Waals surface area contributed by atoms with Gasteiger partial charge in [-0.2, -0.15) is 0 Å². The van der Waals surface area contributed by atoms with Crippen LogP contribution in [0.3, 0.4) is 0 Å². The smallest absolute Gasteiger partial charge is 0.253 e. The molecule has 2 saturated heterocycles. The predicted molar refractivity (Wildman–Crippen MR) is 97.7 cm³/mol. The minimum atomic E-state index is 0.102. The summed E-state index contributed by atoms with van der Waals surface area (Å²) in [7, 11) is 0. The third kappa shape index (κ3) is 3.46. The largest absolute Gasteiger partial charge is 0.381 e. The van der Waals surface area contributed by atoms with Gasteiger partial charge in [-0.1, -0.05) is 12.0 Å². The molecule has 4 rings (SSSR count). The molecular formula is C20H20N2O2S. The average molecular weight is 352 g/mol. The highest BCUT2D eigenvalue weighted by atomic mass is 32.1. The van der Waals surface area contributed by atoms with Crippen LogP contribution in [0, 0.1) is 24.2 Å². The van der Waals surface area contributed by atoms with E-state index >= 15 is 0 Å². The molecule has 25 heavy (non-hydrogen) atoms. The molecular weight excluding hydrogens is 332 g/mol. The lowest BCUT2D eigenvalue weighted by atomic mass is 9.73. The molecule has 2 aromatic rings. The molecule has 1 aromatic heterocycles. The van der Waals surface area contributed by atoms with Crippen molar-refractivity contribution in [3.8, 4) is 11.8 Å². The van der Waals surface area contributed by atoms with Crippen molar-refractivity contribution in [1.82, 2.24) is 9.88 Å². The monoisotopic (exact) mass is 352 g/mol. The molecule has 0 N–H and O–H groups in total. The van der Waals surface area contributed by atoms with Gasteiger partial charge in [0.05, 0.1) is 5.01 Å². The van der Waals surface area contributed by atoms with Gasteiger partial charge in [0, 0.05) is 48.2 Å². The molecule has 0 bridgehead atoms. The van der Waals surface area contributed by atoms with Crippen LogP contribution in [0.1, 0.15) is 39.5 Å².